The van der Waals surface area contributed by atoms with Gasteiger partial charge in [0.25, 0.3) is 0 Å². The zero-order valence-corrected chi connectivity index (χ0v) is 13.0. The van der Waals surface area contributed by atoms with Gasteiger partial charge in [0.15, 0.2) is 0 Å². The van der Waals surface area contributed by atoms with Gasteiger partial charge in [0.05, 0.1) is 5.69 Å². The number of aromatic nitrogens is 3. The summed E-state index contributed by atoms with van der Waals surface area (Å²) in [5, 5.41) is 0. The average molecular weight is 336 g/mol. The molecule has 6 nitrogen and oxygen atoms in total. The Hall–Kier alpha value is -3.35. The number of nitrogen functional groups attached to an aromatic ring is 1. The van der Waals surface area contributed by atoms with Gasteiger partial charge in [-0.25, -0.2) is 19.2 Å². The van der Waals surface area contributed by atoms with Crippen LogP contribution >= 0.6 is 0 Å². The number of anilines is 1. The van der Waals surface area contributed by atoms with Gasteiger partial charge in [0, 0.05) is 12.6 Å². The summed E-state index contributed by atoms with van der Waals surface area (Å²) in [4.78, 5) is 24.9. The minimum Gasteiger partial charge on any atom is -0.452 e. The van der Waals surface area contributed by atoms with Crippen molar-refractivity contribution in [3.63, 3.8) is 0 Å². The molecule has 2 aromatic heterocycles. The second kappa shape index (κ2) is 5.94. The maximum atomic E-state index is 13.9. The number of nitrogens with two attached hydrogens (primary N) is 1. The fraction of sp³-hybridized carbons (Fsp3) is 0.111. The van der Waals surface area contributed by atoms with Gasteiger partial charge in [0.2, 0.25) is 5.95 Å². The van der Waals surface area contributed by atoms with Crippen LogP contribution in [0, 0.1) is 5.82 Å². The summed E-state index contributed by atoms with van der Waals surface area (Å²) in [5.74, 6) is -0.910. The molecule has 0 bridgehead atoms. The molecular formula is C18H13FN4O2. The molecule has 1 atom stereocenters. The van der Waals surface area contributed by atoms with E-state index in [0.717, 1.165) is 0 Å². The van der Waals surface area contributed by atoms with Gasteiger partial charge in [0.1, 0.15) is 28.9 Å². The quantitative estimate of drug-likeness (QED) is 0.740. The van der Waals surface area contributed by atoms with Crippen LogP contribution in [0.1, 0.15) is 27.7 Å². The molecule has 7 heteroatoms. The largest absolute Gasteiger partial charge is 0.452 e. The molecule has 3 aromatic rings. The Kier molecular flexibility index (Phi) is 3.61. The maximum absolute atomic E-state index is 13.9. The van der Waals surface area contributed by atoms with E-state index >= 15 is 0 Å². The molecule has 1 aromatic carbocycles. The Balaban J connectivity index is 1.80. The first-order valence-electron chi connectivity index (χ1n) is 7.66. The molecule has 0 saturated heterocycles. The number of carbonyl (C=O) groups is 1. The first kappa shape index (κ1) is 15.2. The molecule has 1 aliphatic heterocycles. The molecule has 0 saturated carbocycles. The Morgan fingerprint density at radius 1 is 1.12 bits per heavy atom. The second-order valence-electron chi connectivity index (χ2n) is 5.60. The Labute approximate surface area is 142 Å². The molecule has 0 radical (unpaired) electrons. The summed E-state index contributed by atoms with van der Waals surface area (Å²) >= 11 is 0. The Morgan fingerprint density at radius 2 is 1.92 bits per heavy atom. The van der Waals surface area contributed by atoms with Crippen molar-refractivity contribution in [3.05, 3.63) is 71.3 Å². The van der Waals surface area contributed by atoms with Crippen molar-refractivity contribution < 1.29 is 13.9 Å². The van der Waals surface area contributed by atoms with Crippen LogP contribution in [-0.4, -0.2) is 20.9 Å². The highest BCUT2D eigenvalue weighted by atomic mass is 19.1. The van der Waals surface area contributed by atoms with Crippen LogP contribution in [0.5, 0.6) is 0 Å². The Morgan fingerprint density at radius 3 is 2.68 bits per heavy atom. The number of nitrogens with zero attached hydrogens (tertiary/aromatic N) is 3. The number of halogens is 1. The number of esters is 1. The Bertz CT molecular complexity index is 963. The number of fused-ring (bicyclic) bond motifs is 1. The van der Waals surface area contributed by atoms with Crippen LogP contribution in [0.25, 0.3) is 11.4 Å². The fourth-order valence-corrected chi connectivity index (χ4v) is 2.86. The van der Waals surface area contributed by atoms with E-state index in [4.69, 9.17) is 10.5 Å². The van der Waals surface area contributed by atoms with Gasteiger partial charge < -0.3 is 10.5 Å². The van der Waals surface area contributed by atoms with E-state index in [1.54, 1.807) is 42.6 Å². The van der Waals surface area contributed by atoms with Gasteiger partial charge >= 0.3 is 5.97 Å². The lowest BCUT2D eigenvalue weighted by molar-refractivity contribution is 0.0381. The van der Waals surface area contributed by atoms with Crippen molar-refractivity contribution in [3.8, 4) is 11.4 Å². The number of benzene rings is 1. The summed E-state index contributed by atoms with van der Waals surface area (Å²) in [6.07, 6.45) is 1.05. The molecule has 124 valence electrons. The van der Waals surface area contributed by atoms with Gasteiger partial charge in [-0.1, -0.05) is 24.3 Å². The number of cyclic esters (lactones) is 1. The third-order valence-electron chi connectivity index (χ3n) is 3.98. The molecule has 1 unspecified atom stereocenters. The van der Waals surface area contributed by atoms with Gasteiger partial charge in [-0.05, 0) is 23.8 Å². The third-order valence-corrected chi connectivity index (χ3v) is 3.98. The van der Waals surface area contributed by atoms with E-state index in [1.165, 1.54) is 6.07 Å². The van der Waals surface area contributed by atoms with E-state index in [-0.39, 0.29) is 23.7 Å². The summed E-state index contributed by atoms with van der Waals surface area (Å²) in [6, 6.07) is 11.6. The monoisotopic (exact) mass is 336 g/mol. The lowest BCUT2D eigenvalue weighted by atomic mass is 10.0. The van der Waals surface area contributed by atoms with Crippen molar-refractivity contribution in [2.75, 3.05) is 5.73 Å². The zero-order chi connectivity index (χ0) is 17.4. The molecule has 2 N–H and O–H groups in total. The lowest BCUT2D eigenvalue weighted by Crippen LogP contribution is -2.08. The highest BCUT2D eigenvalue weighted by Gasteiger charge is 2.37. The van der Waals surface area contributed by atoms with Crippen LogP contribution in [0.15, 0.2) is 48.7 Å². The standard InChI is InChI=1S/C18H13FN4O2/c19-11-6-2-1-5-10(11)9-13-16-14(17(24)25-13)15(22-18(20)23-16)12-7-3-4-8-21-12/h1-8,13H,9H2,(H2,20,22,23). The highest BCUT2D eigenvalue weighted by Crippen LogP contribution is 2.37. The SMILES string of the molecule is Nc1nc(-c2ccccn2)c2c(n1)C(Cc1ccccc1F)OC2=O. The minimum absolute atomic E-state index is 0.0104. The van der Waals surface area contributed by atoms with Crippen LogP contribution < -0.4 is 5.73 Å². The van der Waals surface area contributed by atoms with Crippen LogP contribution in [0.3, 0.4) is 0 Å². The predicted octanol–water partition coefficient (Wildman–Crippen LogP) is 2.71. The van der Waals surface area contributed by atoms with Crippen LogP contribution in [0.4, 0.5) is 10.3 Å². The van der Waals surface area contributed by atoms with E-state index in [2.05, 4.69) is 15.0 Å². The molecule has 1 aliphatic rings. The van der Waals surface area contributed by atoms with Crippen molar-refractivity contribution in [2.45, 2.75) is 12.5 Å². The van der Waals surface area contributed by atoms with Crippen molar-refractivity contribution in [1.29, 1.82) is 0 Å². The van der Waals surface area contributed by atoms with Crippen LogP contribution in [-0.2, 0) is 11.2 Å². The molecule has 0 fully saturated rings. The first-order chi connectivity index (χ1) is 12.1. The number of ether oxygens (including phenoxy) is 1. The summed E-state index contributed by atoms with van der Waals surface area (Å²) in [5.41, 5.74) is 7.66. The van der Waals surface area contributed by atoms with E-state index < -0.39 is 12.1 Å². The van der Waals surface area contributed by atoms with Crippen molar-refractivity contribution >= 4 is 11.9 Å². The molecule has 0 spiro atoms. The summed E-state index contributed by atoms with van der Waals surface area (Å²) in [7, 11) is 0. The van der Waals surface area contributed by atoms with Gasteiger partial charge in [-0.2, -0.15) is 0 Å². The number of hydrogen-bond acceptors (Lipinski definition) is 6. The van der Waals surface area contributed by atoms with Gasteiger partial charge in [-0.3, -0.25) is 4.98 Å². The second-order valence-corrected chi connectivity index (χ2v) is 5.60. The molecule has 25 heavy (non-hydrogen) atoms. The molecular weight excluding hydrogens is 323 g/mol. The third kappa shape index (κ3) is 2.69. The van der Waals surface area contributed by atoms with E-state index in [9.17, 15) is 9.18 Å². The van der Waals surface area contributed by atoms with Gasteiger partial charge in [-0.15, -0.1) is 0 Å². The first-order valence-corrected chi connectivity index (χ1v) is 7.66. The average Bonchev–Trinajstić information content (AvgIpc) is 2.92. The topological polar surface area (TPSA) is 91.0 Å². The highest BCUT2D eigenvalue weighted by molar-refractivity contribution is 5.99. The molecule has 4 rings (SSSR count). The fourth-order valence-electron chi connectivity index (χ4n) is 2.86. The van der Waals surface area contributed by atoms with E-state index in [0.29, 0.717) is 22.6 Å². The lowest BCUT2D eigenvalue weighted by Gasteiger charge is -2.11. The molecule has 3 heterocycles. The number of pyridine rings is 1. The van der Waals surface area contributed by atoms with E-state index in [1.807, 2.05) is 0 Å². The molecule has 0 aliphatic carbocycles. The minimum atomic E-state index is -0.716. The predicted molar refractivity (Wildman–Crippen MR) is 87.9 cm³/mol. The van der Waals surface area contributed by atoms with Crippen LogP contribution in [0.2, 0.25) is 0 Å². The normalized spacial score (nSPS) is 15.7. The molecule has 0 amide bonds. The number of carbonyl (C=O) groups excluding carboxylic acids is 1. The zero-order valence-electron chi connectivity index (χ0n) is 13.0. The number of rotatable bonds is 3. The van der Waals surface area contributed by atoms with Crippen molar-refractivity contribution in [2.24, 2.45) is 0 Å². The smallest absolute Gasteiger partial charge is 0.343 e. The maximum Gasteiger partial charge on any atom is 0.343 e. The summed E-state index contributed by atoms with van der Waals surface area (Å²) < 4.78 is 19.3. The number of hydrogen-bond donors (Lipinski definition) is 1. The summed E-state index contributed by atoms with van der Waals surface area (Å²) in [6.45, 7) is 0. The van der Waals surface area contributed by atoms with Crippen molar-refractivity contribution in [1.82, 2.24) is 15.0 Å².